The normalized spacial score (nSPS) is 10.7. The van der Waals surface area contributed by atoms with E-state index in [4.69, 9.17) is 0 Å². The summed E-state index contributed by atoms with van der Waals surface area (Å²) in [5, 5.41) is 22.2. The Balaban J connectivity index is 2.64. The summed E-state index contributed by atoms with van der Waals surface area (Å²) in [7, 11) is 0. The lowest BCUT2D eigenvalue weighted by Crippen LogP contribution is -2.06. The van der Waals surface area contributed by atoms with E-state index in [-0.39, 0.29) is 17.4 Å². The first-order valence-electron chi connectivity index (χ1n) is 10.1. The zero-order valence-corrected chi connectivity index (χ0v) is 17.5. The van der Waals surface area contributed by atoms with Crippen LogP contribution in [0, 0.1) is 0 Å². The molecular weight excluding hydrogens is 356 g/mol. The molecule has 2 aromatic rings. The summed E-state index contributed by atoms with van der Waals surface area (Å²) in [5.74, 6) is 0.463. The van der Waals surface area contributed by atoms with Crippen LogP contribution in [0.5, 0.6) is 11.5 Å². The zero-order chi connectivity index (χ0) is 21.4. The van der Waals surface area contributed by atoms with E-state index in [1.807, 2.05) is 36.4 Å². The molecule has 2 aromatic carbocycles. The van der Waals surface area contributed by atoms with Crippen molar-refractivity contribution in [2.45, 2.75) is 44.9 Å². The second-order valence-electron chi connectivity index (χ2n) is 7.21. The Kier molecular flexibility index (Phi) is 8.09. The minimum atomic E-state index is -0.113. The Labute approximate surface area is 175 Å². The molecule has 0 fully saturated rings. The van der Waals surface area contributed by atoms with E-state index in [1.165, 1.54) is 0 Å². The summed E-state index contributed by atoms with van der Waals surface area (Å²) in [6.45, 7) is 17.4. The standard InChI is InChI=1S/C27H32O2/c1-6-11-19-15-17-24(26(28)22(19)13-8-3)21(10-5)25-18-16-20(12-7-2)23(14-9-4)27(25)29/h6-9,15-18,21,28-29H,1-4,10-14H2,5H3. The van der Waals surface area contributed by atoms with Gasteiger partial charge in [0.25, 0.3) is 0 Å². The molecule has 0 bridgehead atoms. The molecule has 0 aromatic heterocycles. The van der Waals surface area contributed by atoms with Gasteiger partial charge in [-0.25, -0.2) is 0 Å². The molecule has 0 saturated heterocycles. The first-order chi connectivity index (χ1) is 14.0. The van der Waals surface area contributed by atoms with Crippen molar-refractivity contribution in [2.24, 2.45) is 0 Å². The van der Waals surface area contributed by atoms with Gasteiger partial charge in [-0.05, 0) is 43.2 Å². The van der Waals surface area contributed by atoms with Crippen molar-refractivity contribution in [3.05, 3.63) is 108 Å². The molecule has 2 heteroatoms. The first kappa shape index (κ1) is 22.3. The fourth-order valence-electron chi connectivity index (χ4n) is 4.00. The molecule has 2 rings (SSSR count). The van der Waals surface area contributed by atoms with Gasteiger partial charge in [-0.15, -0.1) is 26.3 Å². The lowest BCUT2D eigenvalue weighted by atomic mass is 9.83. The lowest BCUT2D eigenvalue weighted by Gasteiger charge is -2.23. The van der Waals surface area contributed by atoms with E-state index in [9.17, 15) is 10.2 Å². The fourth-order valence-corrected chi connectivity index (χ4v) is 4.00. The molecule has 0 radical (unpaired) electrons. The Morgan fingerprint density at radius 3 is 1.38 bits per heavy atom. The maximum atomic E-state index is 11.1. The summed E-state index contributed by atoms with van der Waals surface area (Å²) in [4.78, 5) is 0. The van der Waals surface area contributed by atoms with Crippen molar-refractivity contribution in [3.63, 3.8) is 0 Å². The number of phenols is 2. The van der Waals surface area contributed by atoms with Gasteiger partial charge in [0.1, 0.15) is 11.5 Å². The third-order valence-electron chi connectivity index (χ3n) is 5.41. The van der Waals surface area contributed by atoms with Gasteiger partial charge in [-0.1, -0.05) is 55.5 Å². The van der Waals surface area contributed by atoms with Gasteiger partial charge in [0.05, 0.1) is 0 Å². The molecule has 2 nitrogen and oxygen atoms in total. The third-order valence-corrected chi connectivity index (χ3v) is 5.41. The van der Waals surface area contributed by atoms with Crippen molar-refractivity contribution >= 4 is 0 Å². The number of rotatable bonds is 11. The molecule has 152 valence electrons. The van der Waals surface area contributed by atoms with Crippen molar-refractivity contribution in [1.82, 2.24) is 0 Å². The maximum Gasteiger partial charge on any atom is 0.123 e. The molecule has 0 spiro atoms. The summed E-state index contributed by atoms with van der Waals surface area (Å²) >= 11 is 0. The number of allylic oxidation sites excluding steroid dienone is 4. The van der Waals surface area contributed by atoms with E-state index in [1.54, 1.807) is 12.2 Å². The average Bonchev–Trinajstić information content (AvgIpc) is 2.71. The van der Waals surface area contributed by atoms with E-state index in [0.717, 1.165) is 39.8 Å². The Bertz CT molecular complexity index is 832. The zero-order valence-electron chi connectivity index (χ0n) is 17.5. The van der Waals surface area contributed by atoms with Crippen LogP contribution in [0.2, 0.25) is 0 Å². The summed E-state index contributed by atoms with van der Waals surface area (Å²) < 4.78 is 0. The smallest absolute Gasteiger partial charge is 0.123 e. The molecule has 0 atom stereocenters. The third kappa shape index (κ3) is 4.71. The molecule has 0 aliphatic rings. The second kappa shape index (κ2) is 10.5. The van der Waals surface area contributed by atoms with E-state index < -0.39 is 0 Å². The highest BCUT2D eigenvalue weighted by molar-refractivity contribution is 5.56. The van der Waals surface area contributed by atoms with Gasteiger partial charge in [0.2, 0.25) is 0 Å². The molecule has 29 heavy (non-hydrogen) atoms. The number of hydrogen-bond acceptors (Lipinski definition) is 2. The van der Waals surface area contributed by atoms with Crippen molar-refractivity contribution in [1.29, 1.82) is 0 Å². The van der Waals surface area contributed by atoms with Crippen LogP contribution < -0.4 is 0 Å². The van der Waals surface area contributed by atoms with Crippen molar-refractivity contribution in [2.75, 3.05) is 0 Å². The predicted molar refractivity (Wildman–Crippen MR) is 124 cm³/mol. The van der Waals surface area contributed by atoms with Gasteiger partial charge in [-0.3, -0.25) is 0 Å². The van der Waals surface area contributed by atoms with Crippen LogP contribution >= 0.6 is 0 Å². The molecular formula is C27H32O2. The van der Waals surface area contributed by atoms with Gasteiger partial charge in [0.15, 0.2) is 0 Å². The largest absolute Gasteiger partial charge is 0.507 e. The highest BCUT2D eigenvalue weighted by Crippen LogP contribution is 2.42. The van der Waals surface area contributed by atoms with Crippen LogP contribution in [0.25, 0.3) is 0 Å². The molecule has 2 N–H and O–H groups in total. The summed E-state index contributed by atoms with van der Waals surface area (Å²) in [5.41, 5.74) is 5.51. The highest BCUT2D eigenvalue weighted by Gasteiger charge is 2.23. The Morgan fingerprint density at radius 1 is 0.690 bits per heavy atom. The minimum absolute atomic E-state index is 0.113. The van der Waals surface area contributed by atoms with Crippen LogP contribution in [0.1, 0.15) is 52.6 Å². The van der Waals surface area contributed by atoms with E-state index in [0.29, 0.717) is 25.7 Å². The quantitative estimate of drug-likeness (QED) is 0.428. The number of aromatic hydroxyl groups is 2. The Morgan fingerprint density at radius 2 is 1.07 bits per heavy atom. The second-order valence-corrected chi connectivity index (χ2v) is 7.21. The van der Waals surface area contributed by atoms with Crippen molar-refractivity contribution < 1.29 is 10.2 Å². The van der Waals surface area contributed by atoms with Crippen LogP contribution in [0.15, 0.2) is 74.9 Å². The fraction of sp³-hybridized carbons (Fsp3) is 0.259. The van der Waals surface area contributed by atoms with Crippen LogP contribution in [0.4, 0.5) is 0 Å². The average molecular weight is 389 g/mol. The monoisotopic (exact) mass is 388 g/mol. The van der Waals surface area contributed by atoms with Gasteiger partial charge >= 0.3 is 0 Å². The SMILES string of the molecule is C=CCc1ccc(C(CC)c2ccc(CC=C)c(CC=C)c2O)c(O)c1CC=C. The molecule has 0 saturated carbocycles. The van der Waals surface area contributed by atoms with Gasteiger partial charge < -0.3 is 10.2 Å². The van der Waals surface area contributed by atoms with Gasteiger partial charge in [0, 0.05) is 28.2 Å². The lowest BCUT2D eigenvalue weighted by molar-refractivity contribution is 0.446. The summed E-state index contributed by atoms with van der Waals surface area (Å²) in [6, 6.07) is 8.04. The first-order valence-corrected chi connectivity index (χ1v) is 10.1. The molecule has 0 unspecified atom stereocenters. The number of hydrogen-bond donors (Lipinski definition) is 2. The minimum Gasteiger partial charge on any atom is -0.507 e. The van der Waals surface area contributed by atoms with Crippen LogP contribution in [-0.2, 0) is 25.7 Å². The van der Waals surface area contributed by atoms with Crippen molar-refractivity contribution in [3.8, 4) is 11.5 Å². The molecule has 0 aliphatic heterocycles. The molecule has 0 aliphatic carbocycles. The molecule has 0 amide bonds. The van der Waals surface area contributed by atoms with E-state index in [2.05, 4.69) is 33.2 Å². The number of benzene rings is 2. The van der Waals surface area contributed by atoms with Gasteiger partial charge in [-0.2, -0.15) is 0 Å². The summed E-state index contributed by atoms with van der Waals surface area (Å²) in [6.07, 6.45) is 10.6. The molecule has 0 heterocycles. The maximum absolute atomic E-state index is 11.1. The van der Waals surface area contributed by atoms with Crippen LogP contribution in [0.3, 0.4) is 0 Å². The van der Waals surface area contributed by atoms with E-state index >= 15 is 0 Å². The predicted octanol–water partition coefficient (Wildman–Crippen LogP) is 6.55. The Hall–Kier alpha value is -3.00. The highest BCUT2D eigenvalue weighted by atomic mass is 16.3. The number of phenolic OH excluding ortho intramolecular Hbond substituents is 2. The van der Waals surface area contributed by atoms with Crippen LogP contribution in [-0.4, -0.2) is 10.2 Å². The topological polar surface area (TPSA) is 40.5 Å².